The zero-order valence-electron chi connectivity index (χ0n) is 8.46. The number of ether oxygens (including phenoxy) is 1. The van der Waals surface area contributed by atoms with E-state index in [0.29, 0.717) is 0 Å². The highest BCUT2D eigenvalue weighted by Crippen LogP contribution is 2.10. The molecule has 0 spiro atoms. The summed E-state index contributed by atoms with van der Waals surface area (Å²) in [4.78, 5) is 24.8. The number of carbonyl (C=O) groups is 1. The van der Waals surface area contributed by atoms with Crippen LogP contribution in [-0.2, 0) is 4.74 Å². The summed E-state index contributed by atoms with van der Waals surface area (Å²) < 4.78 is 5.09. The lowest BCUT2D eigenvalue weighted by Crippen LogP contribution is -2.24. The van der Waals surface area contributed by atoms with Gasteiger partial charge in [0.2, 0.25) is 5.56 Å². The van der Waals surface area contributed by atoms with Crippen molar-refractivity contribution >= 4 is 5.97 Å². The van der Waals surface area contributed by atoms with Gasteiger partial charge in [-0.3, -0.25) is 4.79 Å². The van der Waals surface area contributed by atoms with Gasteiger partial charge in [0.05, 0.1) is 5.56 Å². The third-order valence-electron chi connectivity index (χ3n) is 1.41. The van der Waals surface area contributed by atoms with Gasteiger partial charge < -0.3 is 9.72 Å². The molecule has 1 aromatic heterocycles. The fourth-order valence-corrected chi connectivity index (χ4v) is 0.909. The van der Waals surface area contributed by atoms with Gasteiger partial charge in [0, 0.05) is 12.3 Å². The van der Waals surface area contributed by atoms with Crippen molar-refractivity contribution in [2.75, 3.05) is 0 Å². The molecule has 1 rings (SSSR count). The van der Waals surface area contributed by atoms with E-state index in [1.807, 2.05) is 0 Å². The molecule has 0 aliphatic heterocycles. The molecule has 0 unspecified atom stereocenters. The van der Waals surface area contributed by atoms with Crippen LogP contribution in [0.15, 0.2) is 23.1 Å². The second kappa shape index (κ2) is 3.65. The smallest absolute Gasteiger partial charge is 0.338 e. The fraction of sp³-hybridized carbons (Fsp3) is 0.400. The topological polar surface area (TPSA) is 59.2 Å². The quantitative estimate of drug-likeness (QED) is 0.688. The Labute approximate surface area is 81.9 Å². The Kier molecular flexibility index (Phi) is 2.74. The summed E-state index contributed by atoms with van der Waals surface area (Å²) in [7, 11) is 0. The summed E-state index contributed by atoms with van der Waals surface area (Å²) in [6, 6.07) is 2.73. The van der Waals surface area contributed by atoms with Gasteiger partial charge in [-0.1, -0.05) is 0 Å². The van der Waals surface area contributed by atoms with E-state index in [1.165, 1.54) is 18.3 Å². The van der Waals surface area contributed by atoms with Crippen molar-refractivity contribution in [3.63, 3.8) is 0 Å². The summed E-state index contributed by atoms with van der Waals surface area (Å²) >= 11 is 0. The lowest BCUT2D eigenvalue weighted by Gasteiger charge is -2.19. The van der Waals surface area contributed by atoms with E-state index in [1.54, 1.807) is 20.8 Å². The van der Waals surface area contributed by atoms with Gasteiger partial charge in [0.15, 0.2) is 0 Å². The highest BCUT2D eigenvalue weighted by Gasteiger charge is 2.17. The van der Waals surface area contributed by atoms with E-state index in [2.05, 4.69) is 4.98 Å². The summed E-state index contributed by atoms with van der Waals surface area (Å²) in [5.74, 6) is -0.483. The van der Waals surface area contributed by atoms with Crippen molar-refractivity contribution in [3.8, 4) is 0 Å². The summed E-state index contributed by atoms with van der Waals surface area (Å²) in [6.45, 7) is 5.33. The standard InChI is InChI=1S/C10H13NO3/c1-10(2,3)14-9(13)7-4-5-11-8(12)6-7/h4-6H,1-3H3,(H,11,12). The highest BCUT2D eigenvalue weighted by atomic mass is 16.6. The first-order chi connectivity index (χ1) is 6.38. The Morgan fingerprint density at radius 3 is 2.57 bits per heavy atom. The molecule has 0 aromatic carbocycles. The van der Waals surface area contributed by atoms with Gasteiger partial charge in [-0.15, -0.1) is 0 Å². The highest BCUT2D eigenvalue weighted by molar-refractivity contribution is 5.89. The molecule has 76 valence electrons. The minimum Gasteiger partial charge on any atom is -0.456 e. The van der Waals surface area contributed by atoms with Crippen molar-refractivity contribution in [1.29, 1.82) is 0 Å². The number of rotatable bonds is 1. The number of carbonyl (C=O) groups excluding carboxylic acids is 1. The van der Waals surface area contributed by atoms with Crippen LogP contribution in [0.1, 0.15) is 31.1 Å². The predicted molar refractivity (Wildman–Crippen MR) is 52.2 cm³/mol. The van der Waals surface area contributed by atoms with Crippen molar-refractivity contribution in [3.05, 3.63) is 34.2 Å². The molecule has 0 aliphatic carbocycles. The van der Waals surface area contributed by atoms with Gasteiger partial charge in [-0.25, -0.2) is 4.79 Å². The van der Waals surface area contributed by atoms with Crippen LogP contribution in [0.4, 0.5) is 0 Å². The van der Waals surface area contributed by atoms with Gasteiger partial charge in [0.25, 0.3) is 0 Å². The summed E-state index contributed by atoms with van der Waals surface area (Å²) in [5.41, 5.74) is -0.586. The zero-order chi connectivity index (χ0) is 10.8. The van der Waals surface area contributed by atoms with Gasteiger partial charge >= 0.3 is 5.97 Å². The maximum atomic E-state index is 11.4. The molecular formula is C10H13NO3. The molecule has 0 saturated carbocycles. The van der Waals surface area contributed by atoms with E-state index >= 15 is 0 Å². The monoisotopic (exact) mass is 195 g/mol. The lowest BCUT2D eigenvalue weighted by atomic mass is 10.2. The molecule has 1 aromatic rings. The van der Waals surface area contributed by atoms with Crippen LogP contribution >= 0.6 is 0 Å². The third kappa shape index (κ3) is 3.05. The maximum absolute atomic E-state index is 11.4. The Morgan fingerprint density at radius 1 is 1.43 bits per heavy atom. The minimum atomic E-state index is -0.542. The van der Waals surface area contributed by atoms with Gasteiger partial charge in [0.1, 0.15) is 5.60 Å². The summed E-state index contributed by atoms with van der Waals surface area (Å²) in [6.07, 6.45) is 1.42. The van der Waals surface area contributed by atoms with E-state index in [-0.39, 0.29) is 11.1 Å². The van der Waals surface area contributed by atoms with E-state index in [9.17, 15) is 9.59 Å². The number of pyridine rings is 1. The minimum absolute atomic E-state index is 0.267. The molecular weight excluding hydrogens is 182 g/mol. The molecule has 1 heterocycles. The van der Waals surface area contributed by atoms with Crippen LogP contribution in [0, 0.1) is 0 Å². The second-order valence-electron chi connectivity index (χ2n) is 3.94. The maximum Gasteiger partial charge on any atom is 0.338 e. The van der Waals surface area contributed by atoms with Crippen LogP contribution in [-0.4, -0.2) is 16.6 Å². The zero-order valence-corrected chi connectivity index (χ0v) is 8.46. The number of hydrogen-bond donors (Lipinski definition) is 1. The van der Waals surface area contributed by atoms with Crippen LogP contribution in [0.5, 0.6) is 0 Å². The second-order valence-corrected chi connectivity index (χ2v) is 3.94. The average molecular weight is 195 g/mol. The van der Waals surface area contributed by atoms with E-state index in [0.717, 1.165) is 0 Å². The predicted octanol–water partition coefficient (Wildman–Crippen LogP) is 1.33. The number of H-pyrrole nitrogens is 1. The number of nitrogens with one attached hydrogen (secondary N) is 1. The normalized spacial score (nSPS) is 11.1. The molecule has 0 saturated heterocycles. The number of hydrogen-bond acceptors (Lipinski definition) is 3. The molecule has 4 heteroatoms. The molecule has 0 aliphatic rings. The Balaban J connectivity index is 2.86. The Morgan fingerprint density at radius 2 is 2.07 bits per heavy atom. The molecule has 0 fully saturated rings. The van der Waals surface area contributed by atoms with E-state index < -0.39 is 11.6 Å². The van der Waals surface area contributed by atoms with Crippen LogP contribution in [0.2, 0.25) is 0 Å². The van der Waals surface area contributed by atoms with Crippen LogP contribution < -0.4 is 5.56 Å². The number of aromatic nitrogens is 1. The van der Waals surface area contributed by atoms with Crippen molar-refractivity contribution in [2.45, 2.75) is 26.4 Å². The molecule has 0 radical (unpaired) electrons. The molecule has 0 atom stereocenters. The Hall–Kier alpha value is -1.58. The van der Waals surface area contributed by atoms with Gasteiger partial charge in [-0.2, -0.15) is 0 Å². The van der Waals surface area contributed by atoms with Crippen LogP contribution in [0.25, 0.3) is 0 Å². The first-order valence-electron chi connectivity index (χ1n) is 4.30. The SMILES string of the molecule is CC(C)(C)OC(=O)c1cc[nH]c(=O)c1. The average Bonchev–Trinajstić information content (AvgIpc) is 2.01. The van der Waals surface area contributed by atoms with Crippen molar-refractivity contribution in [1.82, 2.24) is 4.98 Å². The first kappa shape index (κ1) is 10.5. The van der Waals surface area contributed by atoms with Gasteiger partial charge in [-0.05, 0) is 26.8 Å². The third-order valence-corrected chi connectivity index (χ3v) is 1.41. The molecule has 4 nitrogen and oxygen atoms in total. The molecule has 1 N–H and O–H groups in total. The fourth-order valence-electron chi connectivity index (χ4n) is 0.909. The summed E-state index contributed by atoms with van der Waals surface area (Å²) in [5, 5.41) is 0. The van der Waals surface area contributed by atoms with Crippen LogP contribution in [0.3, 0.4) is 0 Å². The van der Waals surface area contributed by atoms with Crippen molar-refractivity contribution in [2.24, 2.45) is 0 Å². The lowest BCUT2D eigenvalue weighted by molar-refractivity contribution is 0.00693. The first-order valence-corrected chi connectivity index (χ1v) is 4.30. The molecule has 0 amide bonds. The molecule has 14 heavy (non-hydrogen) atoms. The number of aromatic amines is 1. The van der Waals surface area contributed by atoms with E-state index in [4.69, 9.17) is 4.74 Å². The van der Waals surface area contributed by atoms with Crippen molar-refractivity contribution < 1.29 is 9.53 Å². The number of esters is 1. The Bertz CT molecular complexity index is 387. The largest absolute Gasteiger partial charge is 0.456 e. The molecule has 0 bridgehead atoms.